The van der Waals surface area contributed by atoms with E-state index in [1.807, 2.05) is 18.2 Å². The van der Waals surface area contributed by atoms with Crippen LogP contribution in [0.3, 0.4) is 0 Å². The molecule has 0 atom stereocenters. The number of aromatic nitrogens is 2. The third kappa shape index (κ3) is 2.03. The van der Waals surface area contributed by atoms with Gasteiger partial charge >= 0.3 is 5.97 Å². The Bertz CT molecular complexity index is 602. The summed E-state index contributed by atoms with van der Waals surface area (Å²) in [5, 5.41) is 0. The minimum absolute atomic E-state index is 0.244. The number of fused-ring (bicyclic) bond motifs is 1. The molecule has 0 N–H and O–H groups in total. The van der Waals surface area contributed by atoms with E-state index < -0.39 is 0 Å². The van der Waals surface area contributed by atoms with E-state index >= 15 is 0 Å². The van der Waals surface area contributed by atoms with Gasteiger partial charge in [0.25, 0.3) is 0 Å². The zero-order valence-corrected chi connectivity index (χ0v) is 10.9. The fraction of sp³-hybridized carbons (Fsp3) is 0.333. The number of esters is 1. The van der Waals surface area contributed by atoms with Gasteiger partial charge < -0.3 is 9.30 Å². The molecule has 2 aromatic heterocycles. The first-order valence-electron chi connectivity index (χ1n) is 6.52. The van der Waals surface area contributed by atoms with Gasteiger partial charge in [0.05, 0.1) is 12.7 Å². The predicted molar refractivity (Wildman–Crippen MR) is 71.9 cm³/mol. The normalized spacial score (nSPS) is 13.9. The molecule has 0 fully saturated rings. The van der Waals surface area contributed by atoms with Crippen LogP contribution in [-0.2, 0) is 17.7 Å². The van der Waals surface area contributed by atoms with E-state index in [-0.39, 0.29) is 5.97 Å². The van der Waals surface area contributed by atoms with Crippen molar-refractivity contribution >= 4 is 5.97 Å². The Balaban J connectivity index is 2.15. The molecule has 19 heavy (non-hydrogen) atoms. The van der Waals surface area contributed by atoms with Gasteiger partial charge in [-0.1, -0.05) is 0 Å². The minimum Gasteiger partial charge on any atom is -0.465 e. The molecule has 1 aliphatic rings. The number of methoxy groups -OCH3 is 1. The molecule has 0 spiro atoms. The van der Waals surface area contributed by atoms with Gasteiger partial charge in [0.2, 0.25) is 0 Å². The van der Waals surface area contributed by atoms with Gasteiger partial charge in [-0.25, -0.2) is 4.79 Å². The lowest BCUT2D eigenvalue weighted by molar-refractivity contribution is 0.0599. The van der Waals surface area contributed by atoms with Crippen LogP contribution < -0.4 is 0 Å². The van der Waals surface area contributed by atoms with Gasteiger partial charge in [-0.05, 0) is 37.5 Å². The van der Waals surface area contributed by atoms with Gasteiger partial charge in [-0.2, -0.15) is 0 Å². The smallest absolute Gasteiger partial charge is 0.339 e. The van der Waals surface area contributed by atoms with Gasteiger partial charge in [0.15, 0.2) is 0 Å². The number of carbonyl (C=O) groups excluding carboxylic acids is 1. The molecule has 4 heteroatoms. The molecule has 3 heterocycles. The number of pyridine rings is 1. The van der Waals surface area contributed by atoms with E-state index in [9.17, 15) is 4.79 Å². The molecule has 0 amide bonds. The van der Waals surface area contributed by atoms with Crippen molar-refractivity contribution in [3.05, 3.63) is 41.9 Å². The largest absolute Gasteiger partial charge is 0.465 e. The van der Waals surface area contributed by atoms with Crippen molar-refractivity contribution in [3.63, 3.8) is 0 Å². The van der Waals surface area contributed by atoms with Crippen molar-refractivity contribution in [2.45, 2.75) is 25.8 Å². The molecular weight excluding hydrogens is 240 g/mol. The zero-order valence-electron chi connectivity index (χ0n) is 10.9. The molecule has 0 radical (unpaired) electrons. The highest BCUT2D eigenvalue weighted by molar-refractivity contribution is 5.92. The van der Waals surface area contributed by atoms with E-state index in [1.54, 1.807) is 12.4 Å². The van der Waals surface area contributed by atoms with Crippen molar-refractivity contribution in [2.75, 3.05) is 7.11 Å². The maximum atomic E-state index is 11.9. The standard InChI is InChI=1S/C15H16N2O2/c1-19-15(18)12-10-14(11-5-7-16-8-6-11)17-9-3-2-4-13(12)17/h5-8,10H,2-4,9H2,1H3. The molecule has 0 aromatic carbocycles. The zero-order chi connectivity index (χ0) is 13.2. The molecule has 4 nitrogen and oxygen atoms in total. The summed E-state index contributed by atoms with van der Waals surface area (Å²) in [7, 11) is 1.43. The average molecular weight is 256 g/mol. The fourth-order valence-corrected chi connectivity index (χ4v) is 2.72. The van der Waals surface area contributed by atoms with E-state index in [1.165, 1.54) is 7.11 Å². The second-order valence-electron chi connectivity index (χ2n) is 4.73. The Kier molecular flexibility index (Phi) is 3.07. The summed E-state index contributed by atoms with van der Waals surface area (Å²) in [5.74, 6) is -0.244. The summed E-state index contributed by atoms with van der Waals surface area (Å²) in [5.41, 5.74) is 3.98. The van der Waals surface area contributed by atoms with E-state index in [4.69, 9.17) is 4.74 Å². The van der Waals surface area contributed by atoms with Crippen LogP contribution in [0.4, 0.5) is 0 Å². The minimum atomic E-state index is -0.244. The van der Waals surface area contributed by atoms with Crippen LogP contribution in [0.15, 0.2) is 30.6 Å². The lowest BCUT2D eigenvalue weighted by Gasteiger charge is -2.18. The Morgan fingerprint density at radius 3 is 2.84 bits per heavy atom. The molecule has 2 aromatic rings. The molecule has 98 valence electrons. The number of rotatable bonds is 2. The van der Waals surface area contributed by atoms with Gasteiger partial charge in [0.1, 0.15) is 0 Å². The lowest BCUT2D eigenvalue weighted by Crippen LogP contribution is -2.14. The second-order valence-corrected chi connectivity index (χ2v) is 4.73. The summed E-state index contributed by atoms with van der Waals surface area (Å²) in [6, 6.07) is 5.89. The first kappa shape index (κ1) is 12.0. The highest BCUT2D eigenvalue weighted by Crippen LogP contribution is 2.30. The number of carbonyl (C=O) groups is 1. The van der Waals surface area contributed by atoms with E-state index in [0.29, 0.717) is 5.56 Å². The van der Waals surface area contributed by atoms with Crippen molar-refractivity contribution in [1.82, 2.24) is 9.55 Å². The van der Waals surface area contributed by atoms with Crippen LogP contribution in [0.5, 0.6) is 0 Å². The highest BCUT2D eigenvalue weighted by atomic mass is 16.5. The van der Waals surface area contributed by atoms with Crippen LogP contribution in [-0.4, -0.2) is 22.6 Å². The summed E-state index contributed by atoms with van der Waals surface area (Å²) < 4.78 is 7.13. The molecule has 0 unspecified atom stereocenters. The number of hydrogen-bond donors (Lipinski definition) is 0. The second kappa shape index (κ2) is 4.88. The topological polar surface area (TPSA) is 44.1 Å². The average Bonchev–Trinajstić information content (AvgIpc) is 2.87. The predicted octanol–water partition coefficient (Wildman–Crippen LogP) is 2.67. The van der Waals surface area contributed by atoms with Crippen LogP contribution in [0.25, 0.3) is 11.3 Å². The summed E-state index contributed by atoms with van der Waals surface area (Å²) in [6.45, 7) is 0.962. The first-order valence-corrected chi connectivity index (χ1v) is 6.52. The van der Waals surface area contributed by atoms with Crippen molar-refractivity contribution in [1.29, 1.82) is 0 Å². The van der Waals surface area contributed by atoms with Crippen molar-refractivity contribution < 1.29 is 9.53 Å². The van der Waals surface area contributed by atoms with Crippen molar-refractivity contribution in [2.24, 2.45) is 0 Å². The number of nitrogens with zero attached hydrogens (tertiary/aromatic N) is 2. The maximum Gasteiger partial charge on any atom is 0.339 e. The number of ether oxygens (including phenoxy) is 1. The summed E-state index contributed by atoms with van der Waals surface area (Å²) in [4.78, 5) is 15.9. The van der Waals surface area contributed by atoms with Gasteiger partial charge in [-0.15, -0.1) is 0 Å². The Labute approximate surface area is 112 Å². The monoisotopic (exact) mass is 256 g/mol. The Hall–Kier alpha value is -2.10. The molecule has 0 saturated heterocycles. The van der Waals surface area contributed by atoms with Crippen molar-refractivity contribution in [3.8, 4) is 11.3 Å². The molecular formula is C15H16N2O2. The van der Waals surface area contributed by atoms with Crippen LogP contribution in [0.2, 0.25) is 0 Å². The molecule has 3 rings (SSSR count). The highest BCUT2D eigenvalue weighted by Gasteiger charge is 2.23. The first-order chi connectivity index (χ1) is 9.31. The van der Waals surface area contributed by atoms with Crippen LogP contribution in [0.1, 0.15) is 28.9 Å². The third-order valence-corrected chi connectivity index (χ3v) is 3.64. The fourth-order valence-electron chi connectivity index (χ4n) is 2.72. The maximum absolute atomic E-state index is 11.9. The lowest BCUT2D eigenvalue weighted by atomic mass is 10.1. The Morgan fingerprint density at radius 2 is 2.11 bits per heavy atom. The molecule has 0 saturated carbocycles. The quantitative estimate of drug-likeness (QED) is 0.776. The summed E-state index contributed by atoms with van der Waals surface area (Å²) >= 11 is 0. The summed E-state index contributed by atoms with van der Waals surface area (Å²) in [6.07, 6.45) is 6.77. The van der Waals surface area contributed by atoms with Crippen LogP contribution >= 0.6 is 0 Å². The van der Waals surface area contributed by atoms with Gasteiger partial charge in [0, 0.05) is 35.9 Å². The third-order valence-electron chi connectivity index (χ3n) is 3.64. The Morgan fingerprint density at radius 1 is 1.32 bits per heavy atom. The van der Waals surface area contributed by atoms with Gasteiger partial charge in [-0.3, -0.25) is 4.98 Å². The molecule has 1 aliphatic heterocycles. The van der Waals surface area contributed by atoms with E-state index in [2.05, 4.69) is 9.55 Å². The molecule has 0 bridgehead atoms. The van der Waals surface area contributed by atoms with Crippen LogP contribution in [0, 0.1) is 0 Å². The SMILES string of the molecule is COC(=O)c1cc(-c2ccncc2)n2c1CCCC2. The van der Waals surface area contributed by atoms with E-state index in [0.717, 1.165) is 42.8 Å². The molecule has 0 aliphatic carbocycles. The number of hydrogen-bond acceptors (Lipinski definition) is 3.